The van der Waals surface area contributed by atoms with Crippen LogP contribution in [-0.4, -0.2) is 42.4 Å². The van der Waals surface area contributed by atoms with Crippen molar-refractivity contribution >= 4 is 0 Å². The molecule has 0 aromatic heterocycles. The van der Waals surface area contributed by atoms with Crippen LogP contribution in [0.4, 0.5) is 0 Å². The Morgan fingerprint density at radius 1 is 0.458 bits per heavy atom. The number of aliphatic hydroxyl groups excluding tert-OH is 1. The molecule has 2 heteroatoms. The number of nitrogens with zero attached hydrogens (tertiary/aromatic N) is 1. The van der Waals surface area contributed by atoms with Gasteiger partial charge < -0.3 is 9.59 Å². The SMILES string of the molecule is CC[N+](CC)(CC)CCCCCCCCCCCCCCCCO. The molecule has 24 heavy (non-hydrogen) atoms. The quantitative estimate of drug-likeness (QED) is 0.215. The van der Waals surface area contributed by atoms with Crippen LogP contribution in [0.25, 0.3) is 0 Å². The Hall–Kier alpha value is -0.0800. The van der Waals surface area contributed by atoms with Gasteiger partial charge in [0, 0.05) is 6.61 Å². The molecule has 1 N–H and O–H groups in total. The zero-order valence-corrected chi connectivity index (χ0v) is 17.3. The van der Waals surface area contributed by atoms with E-state index < -0.39 is 0 Å². The third-order valence-corrected chi connectivity index (χ3v) is 6.05. The Morgan fingerprint density at radius 3 is 1.04 bits per heavy atom. The van der Waals surface area contributed by atoms with E-state index in [1.807, 2.05) is 0 Å². The Labute approximate surface area is 153 Å². The molecule has 0 unspecified atom stereocenters. The number of quaternary nitrogens is 1. The molecule has 0 fully saturated rings. The van der Waals surface area contributed by atoms with Crippen molar-refractivity contribution in [2.45, 2.75) is 111 Å². The minimum Gasteiger partial charge on any atom is -0.396 e. The first kappa shape index (κ1) is 23.9. The standard InChI is InChI=1S/C22H48NO/c1-4-23(5-2,6-3)21-19-17-15-13-11-9-7-8-10-12-14-16-18-20-22-24/h24H,4-22H2,1-3H3/q+1. The third kappa shape index (κ3) is 13.2. The normalized spacial score (nSPS) is 12.0. The molecule has 0 bridgehead atoms. The predicted octanol–water partition coefficient (Wildman–Crippen LogP) is 6.32. The van der Waals surface area contributed by atoms with E-state index in [4.69, 9.17) is 5.11 Å². The van der Waals surface area contributed by atoms with Crippen LogP contribution in [0.5, 0.6) is 0 Å². The van der Waals surface area contributed by atoms with Gasteiger partial charge in [-0.1, -0.05) is 70.6 Å². The minimum absolute atomic E-state index is 0.371. The first-order chi connectivity index (χ1) is 11.7. The van der Waals surface area contributed by atoms with Crippen LogP contribution >= 0.6 is 0 Å². The highest BCUT2D eigenvalue weighted by atomic mass is 16.2. The Morgan fingerprint density at radius 2 is 0.750 bits per heavy atom. The molecule has 0 spiro atoms. The number of unbranched alkanes of at least 4 members (excludes halogenated alkanes) is 13. The molecular formula is C22H48NO+. The smallest absolute Gasteiger partial charge is 0.0786 e. The van der Waals surface area contributed by atoms with Crippen LogP contribution in [0.3, 0.4) is 0 Å². The summed E-state index contributed by atoms with van der Waals surface area (Å²) in [5.74, 6) is 0. The Balaban J connectivity index is 3.23. The van der Waals surface area contributed by atoms with Crippen LogP contribution in [-0.2, 0) is 0 Å². The van der Waals surface area contributed by atoms with Crippen LogP contribution in [0.2, 0.25) is 0 Å². The molecule has 2 nitrogen and oxygen atoms in total. The molecule has 0 heterocycles. The van der Waals surface area contributed by atoms with Gasteiger partial charge in [-0.05, 0) is 40.0 Å². The van der Waals surface area contributed by atoms with Crippen molar-refractivity contribution < 1.29 is 9.59 Å². The van der Waals surface area contributed by atoms with Crippen molar-refractivity contribution in [1.82, 2.24) is 0 Å². The average Bonchev–Trinajstić information content (AvgIpc) is 2.62. The maximum absolute atomic E-state index is 8.73. The van der Waals surface area contributed by atoms with Crippen molar-refractivity contribution in [3.8, 4) is 0 Å². The number of hydrogen-bond acceptors (Lipinski definition) is 1. The van der Waals surface area contributed by atoms with E-state index in [-0.39, 0.29) is 0 Å². The summed E-state index contributed by atoms with van der Waals surface area (Å²) in [7, 11) is 0. The molecule has 0 rings (SSSR count). The van der Waals surface area contributed by atoms with Crippen LogP contribution < -0.4 is 0 Å². The molecule has 0 saturated heterocycles. The van der Waals surface area contributed by atoms with Crippen molar-refractivity contribution in [2.75, 3.05) is 32.8 Å². The highest BCUT2D eigenvalue weighted by Gasteiger charge is 2.19. The van der Waals surface area contributed by atoms with Gasteiger partial charge >= 0.3 is 0 Å². The lowest BCUT2D eigenvalue weighted by Gasteiger charge is -2.35. The zero-order valence-electron chi connectivity index (χ0n) is 17.3. The van der Waals surface area contributed by atoms with E-state index >= 15 is 0 Å². The van der Waals surface area contributed by atoms with Gasteiger partial charge in [0.25, 0.3) is 0 Å². The summed E-state index contributed by atoms with van der Waals surface area (Å²) in [4.78, 5) is 0. The molecule has 0 aromatic carbocycles. The molecule has 0 aliphatic heterocycles. The molecule has 0 amide bonds. The van der Waals surface area contributed by atoms with Crippen molar-refractivity contribution in [1.29, 1.82) is 0 Å². The van der Waals surface area contributed by atoms with Gasteiger partial charge in [0.2, 0.25) is 0 Å². The van der Waals surface area contributed by atoms with E-state index in [0.29, 0.717) is 6.61 Å². The van der Waals surface area contributed by atoms with Crippen molar-refractivity contribution in [3.05, 3.63) is 0 Å². The van der Waals surface area contributed by atoms with Gasteiger partial charge in [-0.25, -0.2) is 0 Å². The second-order valence-electron chi connectivity index (χ2n) is 7.69. The molecule has 146 valence electrons. The number of aliphatic hydroxyl groups is 1. The lowest BCUT2D eigenvalue weighted by atomic mass is 10.0. The lowest BCUT2D eigenvalue weighted by molar-refractivity contribution is -0.923. The summed E-state index contributed by atoms with van der Waals surface area (Å²) in [6, 6.07) is 0. The molecule has 0 atom stereocenters. The fraction of sp³-hybridized carbons (Fsp3) is 1.00. The van der Waals surface area contributed by atoms with Crippen LogP contribution in [0, 0.1) is 0 Å². The molecule has 0 radical (unpaired) electrons. The summed E-state index contributed by atoms with van der Waals surface area (Å²) >= 11 is 0. The van der Waals surface area contributed by atoms with Gasteiger partial charge in [-0.2, -0.15) is 0 Å². The topological polar surface area (TPSA) is 20.2 Å². The van der Waals surface area contributed by atoms with Crippen LogP contribution in [0.15, 0.2) is 0 Å². The molecule has 0 aliphatic carbocycles. The monoisotopic (exact) mass is 342 g/mol. The fourth-order valence-corrected chi connectivity index (χ4v) is 3.83. The van der Waals surface area contributed by atoms with Gasteiger partial charge in [0.15, 0.2) is 0 Å². The molecule has 0 aliphatic rings. The largest absolute Gasteiger partial charge is 0.396 e. The minimum atomic E-state index is 0.371. The van der Waals surface area contributed by atoms with Crippen molar-refractivity contribution in [2.24, 2.45) is 0 Å². The Kier molecular flexibility index (Phi) is 17.7. The first-order valence-corrected chi connectivity index (χ1v) is 11.2. The summed E-state index contributed by atoms with van der Waals surface area (Å²) in [6.45, 7) is 12.7. The predicted molar refractivity (Wildman–Crippen MR) is 108 cm³/mol. The van der Waals surface area contributed by atoms with E-state index in [1.165, 1.54) is 114 Å². The van der Waals surface area contributed by atoms with E-state index in [1.54, 1.807) is 0 Å². The summed E-state index contributed by atoms with van der Waals surface area (Å²) in [6.07, 6.45) is 19.2. The summed E-state index contributed by atoms with van der Waals surface area (Å²) < 4.78 is 1.32. The highest BCUT2D eigenvalue weighted by molar-refractivity contribution is 4.50. The van der Waals surface area contributed by atoms with Gasteiger partial charge in [0.1, 0.15) is 0 Å². The van der Waals surface area contributed by atoms with E-state index in [2.05, 4.69) is 20.8 Å². The third-order valence-electron chi connectivity index (χ3n) is 6.05. The zero-order chi connectivity index (χ0) is 17.9. The number of rotatable bonds is 19. The maximum atomic E-state index is 8.73. The highest BCUT2D eigenvalue weighted by Crippen LogP contribution is 2.14. The Bertz CT molecular complexity index is 230. The number of hydrogen-bond donors (Lipinski definition) is 1. The van der Waals surface area contributed by atoms with E-state index in [0.717, 1.165) is 6.42 Å². The second-order valence-corrected chi connectivity index (χ2v) is 7.69. The summed E-state index contributed by atoms with van der Waals surface area (Å²) in [5.41, 5.74) is 0. The second kappa shape index (κ2) is 17.7. The van der Waals surface area contributed by atoms with Crippen molar-refractivity contribution in [3.63, 3.8) is 0 Å². The summed E-state index contributed by atoms with van der Waals surface area (Å²) in [5, 5.41) is 8.73. The molecule has 0 saturated carbocycles. The van der Waals surface area contributed by atoms with Crippen LogP contribution in [0.1, 0.15) is 111 Å². The first-order valence-electron chi connectivity index (χ1n) is 11.2. The molecule has 0 aromatic rings. The maximum Gasteiger partial charge on any atom is 0.0786 e. The fourth-order valence-electron chi connectivity index (χ4n) is 3.83. The van der Waals surface area contributed by atoms with Gasteiger partial charge in [-0.15, -0.1) is 0 Å². The average molecular weight is 343 g/mol. The molecular weight excluding hydrogens is 294 g/mol. The van der Waals surface area contributed by atoms with E-state index in [9.17, 15) is 0 Å². The lowest BCUT2D eigenvalue weighted by Crippen LogP contribution is -2.48. The van der Waals surface area contributed by atoms with Gasteiger partial charge in [0.05, 0.1) is 26.2 Å². The van der Waals surface area contributed by atoms with Gasteiger partial charge in [-0.3, -0.25) is 0 Å².